The fraction of sp³-hybridized carbons (Fsp3) is 0.900. The van der Waals surface area contributed by atoms with E-state index >= 15 is 0 Å². The number of amides is 1. The first kappa shape index (κ1) is 11.3. The molecule has 0 aromatic rings. The van der Waals surface area contributed by atoms with Gasteiger partial charge in [0.2, 0.25) is 0 Å². The van der Waals surface area contributed by atoms with E-state index in [9.17, 15) is 9.90 Å². The van der Waals surface area contributed by atoms with Crippen LogP contribution >= 0.6 is 0 Å². The van der Waals surface area contributed by atoms with Gasteiger partial charge in [-0.2, -0.15) is 0 Å². The zero-order valence-corrected chi connectivity index (χ0v) is 9.21. The number of rotatable bonds is 3. The maximum absolute atomic E-state index is 11.2. The molecule has 14 heavy (non-hydrogen) atoms. The van der Waals surface area contributed by atoms with Crippen molar-refractivity contribution in [3.8, 4) is 0 Å². The summed E-state index contributed by atoms with van der Waals surface area (Å²) in [4.78, 5) is 12.8. The van der Waals surface area contributed by atoms with Crippen LogP contribution in [0.4, 0.5) is 4.79 Å². The summed E-state index contributed by atoms with van der Waals surface area (Å²) in [6, 6.07) is 0. The molecule has 0 bridgehead atoms. The summed E-state index contributed by atoms with van der Waals surface area (Å²) in [5.41, 5.74) is 5.01. The van der Waals surface area contributed by atoms with Crippen molar-refractivity contribution in [2.24, 2.45) is 5.73 Å². The Labute approximate surface area is 85.1 Å². The Bertz CT molecular complexity index is 229. The Kier molecular flexibility index (Phi) is 2.76. The lowest BCUT2D eigenvalue weighted by atomic mass is 10.0. The van der Waals surface area contributed by atoms with E-state index in [1.165, 1.54) is 0 Å². The van der Waals surface area contributed by atoms with E-state index in [0.29, 0.717) is 6.54 Å². The minimum atomic E-state index is -0.830. The second-order valence-corrected chi connectivity index (χ2v) is 5.05. The molecule has 1 rings (SSSR count). The van der Waals surface area contributed by atoms with Gasteiger partial charge in [0.1, 0.15) is 0 Å². The molecule has 82 valence electrons. The largest absolute Gasteiger partial charge is 0.465 e. The summed E-state index contributed by atoms with van der Waals surface area (Å²) in [5.74, 6) is 0. The van der Waals surface area contributed by atoms with E-state index < -0.39 is 6.09 Å². The minimum Gasteiger partial charge on any atom is -0.465 e. The predicted octanol–water partition coefficient (Wildman–Crippen LogP) is 1.65. The second kappa shape index (κ2) is 3.42. The summed E-state index contributed by atoms with van der Waals surface area (Å²) < 4.78 is 0. The van der Waals surface area contributed by atoms with Gasteiger partial charge in [0, 0.05) is 11.1 Å². The molecule has 3 N–H and O–H groups in total. The fourth-order valence-corrected chi connectivity index (χ4v) is 2.20. The summed E-state index contributed by atoms with van der Waals surface area (Å²) in [5, 5.41) is 9.20. The van der Waals surface area contributed by atoms with Crippen LogP contribution in [-0.2, 0) is 0 Å². The molecule has 0 heterocycles. The first-order chi connectivity index (χ1) is 6.33. The molecule has 0 aromatic heterocycles. The summed E-state index contributed by atoms with van der Waals surface area (Å²) >= 11 is 0. The van der Waals surface area contributed by atoms with Crippen molar-refractivity contribution >= 4 is 6.09 Å². The number of carbonyl (C=O) groups is 1. The molecule has 0 aliphatic heterocycles. The lowest BCUT2D eigenvalue weighted by molar-refractivity contribution is 0.0582. The van der Waals surface area contributed by atoms with E-state index in [1.807, 2.05) is 20.8 Å². The van der Waals surface area contributed by atoms with E-state index in [2.05, 4.69) is 0 Å². The van der Waals surface area contributed by atoms with Gasteiger partial charge < -0.3 is 10.8 Å². The normalized spacial score (nSPS) is 19.1. The third-order valence-corrected chi connectivity index (χ3v) is 2.77. The van der Waals surface area contributed by atoms with Gasteiger partial charge in [-0.1, -0.05) is 0 Å². The minimum absolute atomic E-state index is 0.168. The van der Waals surface area contributed by atoms with Gasteiger partial charge in [-0.05, 0) is 46.6 Å². The van der Waals surface area contributed by atoms with Crippen LogP contribution in [0.3, 0.4) is 0 Å². The molecule has 1 aliphatic carbocycles. The molecule has 0 aromatic carbocycles. The molecule has 0 spiro atoms. The smallest absolute Gasteiger partial charge is 0.408 e. The quantitative estimate of drug-likeness (QED) is 0.728. The topological polar surface area (TPSA) is 66.6 Å². The highest BCUT2D eigenvalue weighted by Gasteiger charge is 2.53. The average molecular weight is 200 g/mol. The van der Waals surface area contributed by atoms with Crippen LogP contribution in [-0.4, -0.2) is 33.7 Å². The van der Waals surface area contributed by atoms with E-state index in [0.717, 1.165) is 19.3 Å². The van der Waals surface area contributed by atoms with Crippen molar-refractivity contribution in [2.75, 3.05) is 6.54 Å². The Morgan fingerprint density at radius 2 is 2.00 bits per heavy atom. The summed E-state index contributed by atoms with van der Waals surface area (Å²) in [7, 11) is 0. The molecule has 4 heteroatoms. The number of hydrogen-bond donors (Lipinski definition) is 2. The maximum Gasteiger partial charge on any atom is 0.408 e. The third kappa shape index (κ3) is 2.00. The zero-order chi connectivity index (χ0) is 11.0. The van der Waals surface area contributed by atoms with Crippen LogP contribution in [0, 0.1) is 0 Å². The van der Waals surface area contributed by atoms with Crippen molar-refractivity contribution in [1.29, 1.82) is 0 Å². The first-order valence-electron chi connectivity index (χ1n) is 5.07. The third-order valence-electron chi connectivity index (χ3n) is 2.77. The Hall–Kier alpha value is -0.770. The van der Waals surface area contributed by atoms with Crippen LogP contribution in [0.15, 0.2) is 0 Å². The van der Waals surface area contributed by atoms with Crippen molar-refractivity contribution in [2.45, 2.75) is 51.1 Å². The first-order valence-corrected chi connectivity index (χ1v) is 5.07. The molecule has 1 amide bonds. The van der Waals surface area contributed by atoms with Gasteiger partial charge >= 0.3 is 6.09 Å². The molecule has 4 nitrogen and oxygen atoms in total. The number of carboxylic acid groups (broad SMARTS) is 1. The molecule has 0 unspecified atom stereocenters. The van der Waals surface area contributed by atoms with Crippen LogP contribution in [0.25, 0.3) is 0 Å². The molecule has 1 saturated carbocycles. The molecule has 0 saturated heterocycles. The van der Waals surface area contributed by atoms with Gasteiger partial charge in [0.15, 0.2) is 0 Å². The molecule has 0 radical (unpaired) electrons. The highest BCUT2D eigenvalue weighted by atomic mass is 16.4. The number of nitrogens with zero attached hydrogens (tertiary/aromatic N) is 1. The van der Waals surface area contributed by atoms with Crippen molar-refractivity contribution < 1.29 is 9.90 Å². The van der Waals surface area contributed by atoms with Crippen LogP contribution in [0.5, 0.6) is 0 Å². The van der Waals surface area contributed by atoms with Crippen molar-refractivity contribution in [1.82, 2.24) is 4.90 Å². The molecular formula is C10H20N2O2. The summed E-state index contributed by atoms with van der Waals surface area (Å²) in [6.07, 6.45) is 1.85. The second-order valence-electron chi connectivity index (χ2n) is 5.05. The lowest BCUT2D eigenvalue weighted by Crippen LogP contribution is -2.53. The van der Waals surface area contributed by atoms with Gasteiger partial charge in [-0.3, -0.25) is 4.90 Å². The standard InChI is InChI=1S/C10H20N2O2/c1-9(2,3)12(8(13)14)10(4-5-10)6-7-11/h4-7,11H2,1-3H3,(H,13,14). The zero-order valence-electron chi connectivity index (χ0n) is 9.21. The van der Waals surface area contributed by atoms with Crippen molar-refractivity contribution in [3.05, 3.63) is 0 Å². The summed E-state index contributed by atoms with van der Waals surface area (Å²) in [6.45, 7) is 6.34. The Morgan fingerprint density at radius 3 is 2.21 bits per heavy atom. The number of nitrogens with two attached hydrogens (primary N) is 1. The fourth-order valence-electron chi connectivity index (χ4n) is 2.20. The molecule has 1 aliphatic rings. The van der Waals surface area contributed by atoms with Gasteiger partial charge in [0.25, 0.3) is 0 Å². The highest BCUT2D eigenvalue weighted by molar-refractivity contribution is 5.68. The van der Waals surface area contributed by atoms with E-state index in [1.54, 1.807) is 4.90 Å². The van der Waals surface area contributed by atoms with Crippen molar-refractivity contribution in [3.63, 3.8) is 0 Å². The van der Waals surface area contributed by atoms with Gasteiger partial charge in [0.05, 0.1) is 0 Å². The van der Waals surface area contributed by atoms with Crippen LogP contribution < -0.4 is 5.73 Å². The Balaban J connectivity index is 2.84. The maximum atomic E-state index is 11.2. The van der Waals surface area contributed by atoms with Crippen LogP contribution in [0.1, 0.15) is 40.0 Å². The molecule has 1 fully saturated rings. The van der Waals surface area contributed by atoms with Gasteiger partial charge in [-0.15, -0.1) is 0 Å². The Morgan fingerprint density at radius 1 is 1.50 bits per heavy atom. The molecule has 0 atom stereocenters. The van der Waals surface area contributed by atoms with Gasteiger partial charge in [-0.25, -0.2) is 4.79 Å². The van der Waals surface area contributed by atoms with E-state index in [-0.39, 0.29) is 11.1 Å². The lowest BCUT2D eigenvalue weighted by Gasteiger charge is -2.40. The SMILES string of the molecule is CC(C)(C)N(C(=O)O)C1(CCN)CC1. The highest BCUT2D eigenvalue weighted by Crippen LogP contribution is 2.47. The molecular weight excluding hydrogens is 180 g/mol. The average Bonchev–Trinajstić information content (AvgIpc) is 2.65. The van der Waals surface area contributed by atoms with Crippen LogP contribution in [0.2, 0.25) is 0 Å². The monoisotopic (exact) mass is 200 g/mol. The van der Waals surface area contributed by atoms with E-state index in [4.69, 9.17) is 5.73 Å². The number of hydrogen-bond acceptors (Lipinski definition) is 2. The predicted molar refractivity (Wildman–Crippen MR) is 55.3 cm³/mol.